The van der Waals surface area contributed by atoms with Crippen molar-refractivity contribution in [3.05, 3.63) is 29.6 Å². The molecule has 19 heavy (non-hydrogen) atoms. The summed E-state index contributed by atoms with van der Waals surface area (Å²) in [6, 6.07) is 5.47. The van der Waals surface area contributed by atoms with Gasteiger partial charge in [0, 0.05) is 24.7 Å². The molecule has 1 fully saturated rings. The Morgan fingerprint density at radius 1 is 1.32 bits per heavy atom. The predicted octanol–water partition coefficient (Wildman–Crippen LogP) is 4.97. The molecule has 0 atom stereocenters. The summed E-state index contributed by atoms with van der Waals surface area (Å²) < 4.78 is 13.3. The number of rotatable bonds is 3. The van der Waals surface area contributed by atoms with Crippen LogP contribution in [0.5, 0.6) is 0 Å². The molecule has 1 nitrogen and oxygen atoms in total. The fourth-order valence-corrected chi connectivity index (χ4v) is 3.19. The Morgan fingerprint density at radius 2 is 1.95 bits per heavy atom. The van der Waals surface area contributed by atoms with E-state index in [9.17, 15) is 4.39 Å². The van der Waals surface area contributed by atoms with E-state index in [2.05, 4.69) is 25.8 Å². The van der Waals surface area contributed by atoms with Crippen molar-refractivity contribution >= 4 is 17.3 Å². The van der Waals surface area contributed by atoms with Gasteiger partial charge in [-0.15, -0.1) is 11.6 Å². The van der Waals surface area contributed by atoms with E-state index in [-0.39, 0.29) is 5.82 Å². The second-order valence-electron chi connectivity index (χ2n) is 6.41. The quantitative estimate of drug-likeness (QED) is 0.708. The lowest BCUT2D eigenvalue weighted by Gasteiger charge is -2.40. The number of benzene rings is 1. The van der Waals surface area contributed by atoms with E-state index in [1.54, 1.807) is 6.07 Å². The summed E-state index contributed by atoms with van der Waals surface area (Å²) in [5, 5.41) is 0. The van der Waals surface area contributed by atoms with Gasteiger partial charge in [0.15, 0.2) is 0 Å². The summed E-state index contributed by atoms with van der Waals surface area (Å²) in [5.41, 5.74) is 2.42. The molecule has 0 unspecified atom stereocenters. The number of nitrogens with zero attached hydrogens (tertiary/aromatic N) is 1. The largest absolute Gasteiger partial charge is 0.371 e. The van der Waals surface area contributed by atoms with Crippen LogP contribution in [0, 0.1) is 11.2 Å². The number of halogens is 2. The molecule has 1 aliphatic rings. The molecule has 0 bridgehead atoms. The normalized spacial score (nSPS) is 19.4. The molecule has 0 aliphatic heterocycles. The van der Waals surface area contributed by atoms with E-state index in [1.807, 2.05) is 6.07 Å². The lowest BCUT2D eigenvalue weighted by Crippen LogP contribution is -2.37. The number of hydrogen-bond donors (Lipinski definition) is 0. The molecule has 3 heteroatoms. The second-order valence-corrected chi connectivity index (χ2v) is 6.68. The maximum atomic E-state index is 13.3. The first-order valence-corrected chi connectivity index (χ1v) is 7.53. The van der Waals surface area contributed by atoms with Gasteiger partial charge in [0.25, 0.3) is 0 Å². The van der Waals surface area contributed by atoms with Crippen LogP contribution < -0.4 is 4.90 Å². The predicted molar refractivity (Wildman–Crippen MR) is 80.4 cm³/mol. The zero-order valence-electron chi connectivity index (χ0n) is 12.0. The van der Waals surface area contributed by atoms with Crippen LogP contribution in [0.15, 0.2) is 18.2 Å². The molecule has 106 valence electrons. The maximum absolute atomic E-state index is 13.3. The molecule has 1 aliphatic carbocycles. The Bertz CT molecular complexity index is 434. The Kier molecular flexibility index (Phi) is 4.39. The first-order chi connectivity index (χ1) is 8.93. The SMILES string of the molecule is CN(c1ccc(F)cc1CCl)C1CCC(C)(C)CC1. The second kappa shape index (κ2) is 5.70. The highest BCUT2D eigenvalue weighted by Crippen LogP contribution is 2.38. The molecule has 0 saturated heterocycles. The highest BCUT2D eigenvalue weighted by molar-refractivity contribution is 6.17. The molecule has 1 saturated carbocycles. The van der Waals surface area contributed by atoms with E-state index in [4.69, 9.17) is 11.6 Å². The molecular formula is C16H23ClFN. The van der Waals surface area contributed by atoms with Crippen molar-refractivity contribution < 1.29 is 4.39 Å². The van der Waals surface area contributed by atoms with Gasteiger partial charge in [-0.1, -0.05) is 13.8 Å². The minimum absolute atomic E-state index is 0.211. The maximum Gasteiger partial charge on any atom is 0.123 e. The van der Waals surface area contributed by atoms with Crippen LogP contribution >= 0.6 is 11.6 Å². The van der Waals surface area contributed by atoms with Gasteiger partial charge >= 0.3 is 0 Å². The van der Waals surface area contributed by atoms with Gasteiger partial charge in [0.05, 0.1) is 0 Å². The molecule has 0 heterocycles. The van der Waals surface area contributed by atoms with Crippen LogP contribution in [0.25, 0.3) is 0 Å². The van der Waals surface area contributed by atoms with Crippen LogP contribution in [0.1, 0.15) is 45.1 Å². The number of hydrogen-bond acceptors (Lipinski definition) is 1. The van der Waals surface area contributed by atoms with Gasteiger partial charge < -0.3 is 4.90 Å². The third kappa shape index (κ3) is 3.42. The molecule has 0 amide bonds. The van der Waals surface area contributed by atoms with Crippen LogP contribution in [0.2, 0.25) is 0 Å². The highest BCUT2D eigenvalue weighted by atomic mass is 35.5. The topological polar surface area (TPSA) is 3.24 Å². The average Bonchev–Trinajstić information content (AvgIpc) is 2.37. The van der Waals surface area contributed by atoms with Crippen LogP contribution in [-0.4, -0.2) is 13.1 Å². The van der Waals surface area contributed by atoms with Crippen molar-refractivity contribution in [2.45, 2.75) is 51.5 Å². The van der Waals surface area contributed by atoms with Crippen molar-refractivity contribution in [1.82, 2.24) is 0 Å². The van der Waals surface area contributed by atoms with Gasteiger partial charge in [0.2, 0.25) is 0 Å². The molecule has 0 N–H and O–H groups in total. The molecule has 0 radical (unpaired) electrons. The van der Waals surface area contributed by atoms with Gasteiger partial charge in [-0.25, -0.2) is 4.39 Å². The summed E-state index contributed by atoms with van der Waals surface area (Å²) in [4.78, 5) is 2.28. The minimum Gasteiger partial charge on any atom is -0.371 e. The lowest BCUT2D eigenvalue weighted by atomic mass is 9.75. The van der Waals surface area contributed by atoms with E-state index in [0.29, 0.717) is 17.3 Å². The molecular weight excluding hydrogens is 261 g/mol. The van der Waals surface area contributed by atoms with Crippen molar-refractivity contribution in [3.8, 4) is 0 Å². The Hall–Kier alpha value is -0.760. The molecule has 2 rings (SSSR count). The van der Waals surface area contributed by atoms with Gasteiger partial charge in [-0.2, -0.15) is 0 Å². The Balaban J connectivity index is 2.14. The molecule has 1 aromatic rings. The highest BCUT2D eigenvalue weighted by Gasteiger charge is 2.29. The van der Waals surface area contributed by atoms with Crippen molar-refractivity contribution in [2.24, 2.45) is 5.41 Å². The fraction of sp³-hybridized carbons (Fsp3) is 0.625. The zero-order valence-corrected chi connectivity index (χ0v) is 12.8. The minimum atomic E-state index is -0.211. The molecule has 0 spiro atoms. The van der Waals surface area contributed by atoms with E-state index < -0.39 is 0 Å². The first-order valence-electron chi connectivity index (χ1n) is 7.00. The summed E-state index contributed by atoms with van der Waals surface area (Å²) in [6.07, 6.45) is 4.89. The summed E-state index contributed by atoms with van der Waals surface area (Å²) in [6.45, 7) is 4.68. The number of alkyl halides is 1. The molecule has 0 aromatic heterocycles. The van der Waals surface area contributed by atoms with Crippen LogP contribution in [0.3, 0.4) is 0 Å². The zero-order chi connectivity index (χ0) is 14.0. The summed E-state index contributed by atoms with van der Waals surface area (Å²) >= 11 is 5.94. The Morgan fingerprint density at radius 3 is 2.53 bits per heavy atom. The lowest BCUT2D eigenvalue weighted by molar-refractivity contribution is 0.222. The first kappa shape index (κ1) is 14.6. The van der Waals surface area contributed by atoms with Gasteiger partial charge in [-0.05, 0) is 54.9 Å². The average molecular weight is 284 g/mol. The number of anilines is 1. The van der Waals surface area contributed by atoms with Crippen LogP contribution in [-0.2, 0) is 5.88 Å². The van der Waals surface area contributed by atoms with Crippen molar-refractivity contribution in [1.29, 1.82) is 0 Å². The van der Waals surface area contributed by atoms with Gasteiger partial charge in [0.1, 0.15) is 5.82 Å². The Labute approximate surface area is 120 Å². The fourth-order valence-electron chi connectivity index (χ4n) is 2.97. The smallest absolute Gasteiger partial charge is 0.123 e. The van der Waals surface area contributed by atoms with Crippen LogP contribution in [0.4, 0.5) is 10.1 Å². The van der Waals surface area contributed by atoms with Gasteiger partial charge in [-0.3, -0.25) is 0 Å². The standard InChI is InChI=1S/C16H23ClFN/c1-16(2)8-6-14(7-9-16)19(3)15-5-4-13(18)10-12(15)11-17/h4-5,10,14H,6-9,11H2,1-3H3. The van der Waals surface area contributed by atoms with Crippen molar-refractivity contribution in [3.63, 3.8) is 0 Å². The summed E-state index contributed by atoms with van der Waals surface area (Å²) in [5.74, 6) is 0.146. The van der Waals surface area contributed by atoms with E-state index in [0.717, 1.165) is 11.3 Å². The monoisotopic (exact) mass is 283 g/mol. The third-order valence-corrected chi connectivity index (χ3v) is 4.71. The summed E-state index contributed by atoms with van der Waals surface area (Å²) in [7, 11) is 2.10. The molecule has 1 aromatic carbocycles. The van der Waals surface area contributed by atoms with Crippen molar-refractivity contribution in [2.75, 3.05) is 11.9 Å². The third-order valence-electron chi connectivity index (χ3n) is 4.42. The van der Waals surface area contributed by atoms with E-state index >= 15 is 0 Å². The van der Waals surface area contributed by atoms with E-state index in [1.165, 1.54) is 31.7 Å².